The summed E-state index contributed by atoms with van der Waals surface area (Å²) in [7, 11) is 1.58. The molecule has 1 aliphatic heterocycles. The van der Waals surface area contributed by atoms with E-state index in [2.05, 4.69) is 6.58 Å². The van der Waals surface area contributed by atoms with E-state index in [-0.39, 0.29) is 17.5 Å². The third-order valence-electron chi connectivity index (χ3n) is 5.52. The molecular weight excluding hydrogens is 356 g/mol. The van der Waals surface area contributed by atoms with Gasteiger partial charge < -0.3 is 14.2 Å². The van der Waals surface area contributed by atoms with Crippen molar-refractivity contribution in [2.24, 2.45) is 0 Å². The number of benzene rings is 1. The normalized spacial score (nSPS) is 19.8. The molecule has 5 heteroatoms. The van der Waals surface area contributed by atoms with Gasteiger partial charge in [0.2, 0.25) is 0 Å². The largest absolute Gasteiger partial charge is 0.493 e. The monoisotopic (exact) mass is 380 g/mol. The molecule has 1 aromatic carbocycles. The Balaban J connectivity index is 1.83. The van der Waals surface area contributed by atoms with Crippen molar-refractivity contribution in [3.05, 3.63) is 59.1 Å². The lowest BCUT2D eigenvalue weighted by atomic mass is 9.73. The second-order valence-electron chi connectivity index (χ2n) is 7.27. The van der Waals surface area contributed by atoms with Gasteiger partial charge in [-0.1, -0.05) is 18.7 Å². The first-order valence-electron chi connectivity index (χ1n) is 9.76. The van der Waals surface area contributed by atoms with E-state index in [0.717, 1.165) is 42.8 Å². The molecule has 5 nitrogen and oxygen atoms in total. The number of carbonyl (C=O) groups excluding carboxylic acids is 2. The fourth-order valence-electron chi connectivity index (χ4n) is 4.28. The van der Waals surface area contributed by atoms with Crippen LogP contribution in [0.5, 0.6) is 11.5 Å². The van der Waals surface area contributed by atoms with Gasteiger partial charge in [-0.2, -0.15) is 0 Å². The minimum absolute atomic E-state index is 0.0714. The van der Waals surface area contributed by atoms with Crippen LogP contribution in [0.15, 0.2) is 53.5 Å². The molecule has 4 rings (SSSR count). The second kappa shape index (κ2) is 7.66. The Kier molecular flexibility index (Phi) is 5.07. The smallest absolute Gasteiger partial charge is 0.163 e. The van der Waals surface area contributed by atoms with Crippen molar-refractivity contribution in [1.82, 2.24) is 0 Å². The van der Waals surface area contributed by atoms with Crippen LogP contribution in [0, 0.1) is 0 Å². The van der Waals surface area contributed by atoms with Crippen molar-refractivity contribution in [3.63, 3.8) is 0 Å². The number of allylic oxidation sites excluding steroid dienone is 4. The molecule has 146 valence electrons. The molecule has 0 saturated carbocycles. The van der Waals surface area contributed by atoms with E-state index in [1.165, 1.54) is 0 Å². The maximum atomic E-state index is 12.8. The lowest BCUT2D eigenvalue weighted by molar-refractivity contribution is -0.117. The summed E-state index contributed by atoms with van der Waals surface area (Å²) in [4.78, 5) is 25.6. The third kappa shape index (κ3) is 3.15. The van der Waals surface area contributed by atoms with E-state index >= 15 is 0 Å². The van der Waals surface area contributed by atoms with Gasteiger partial charge in [0.1, 0.15) is 18.1 Å². The topological polar surface area (TPSA) is 61.8 Å². The molecule has 0 bridgehead atoms. The van der Waals surface area contributed by atoms with E-state index < -0.39 is 0 Å². The highest BCUT2D eigenvalue weighted by Gasteiger charge is 2.41. The second-order valence-corrected chi connectivity index (χ2v) is 7.27. The summed E-state index contributed by atoms with van der Waals surface area (Å²) in [6.45, 7) is 4.03. The summed E-state index contributed by atoms with van der Waals surface area (Å²) < 4.78 is 17.2. The summed E-state index contributed by atoms with van der Waals surface area (Å²) in [6, 6.07) is 5.61. The molecule has 0 radical (unpaired) electrons. The van der Waals surface area contributed by atoms with Crippen molar-refractivity contribution in [2.45, 2.75) is 44.4 Å². The SMILES string of the molecule is C=CCOc1ccc(C2C3=C(CCCC3=O)OC3=C2C(=O)CCC3)cc1OC. The number of hydrogen-bond acceptors (Lipinski definition) is 5. The van der Waals surface area contributed by atoms with Crippen LogP contribution in [-0.4, -0.2) is 25.3 Å². The van der Waals surface area contributed by atoms with Crippen LogP contribution in [0.4, 0.5) is 0 Å². The standard InChI is InChI=1S/C23H24O5/c1-3-12-27-17-11-10-14(13-20(17)26-2)21-22-15(24)6-4-8-18(22)28-19-9-5-7-16(25)23(19)21/h3,10-11,13,21H,1,4-9,12H2,2H3. The summed E-state index contributed by atoms with van der Waals surface area (Å²) in [5.41, 5.74) is 2.14. The number of Topliss-reactive ketones (excluding diaryl/α,β-unsaturated/α-hetero) is 2. The zero-order valence-corrected chi connectivity index (χ0v) is 16.1. The van der Waals surface area contributed by atoms with Crippen molar-refractivity contribution in [2.75, 3.05) is 13.7 Å². The molecule has 0 N–H and O–H groups in total. The van der Waals surface area contributed by atoms with Gasteiger partial charge in [-0.15, -0.1) is 0 Å². The van der Waals surface area contributed by atoms with Gasteiger partial charge in [0, 0.05) is 42.7 Å². The number of rotatable bonds is 5. The van der Waals surface area contributed by atoms with Crippen LogP contribution in [0.25, 0.3) is 0 Å². The Hall–Kier alpha value is -2.82. The zero-order valence-electron chi connectivity index (χ0n) is 16.1. The van der Waals surface area contributed by atoms with Gasteiger partial charge in [0.05, 0.1) is 7.11 Å². The van der Waals surface area contributed by atoms with E-state index in [9.17, 15) is 9.59 Å². The lowest BCUT2D eigenvalue weighted by Crippen LogP contribution is -2.30. The summed E-state index contributed by atoms with van der Waals surface area (Å²) in [5, 5.41) is 0. The highest BCUT2D eigenvalue weighted by Crippen LogP contribution is 2.48. The molecule has 2 aliphatic carbocycles. The number of carbonyl (C=O) groups is 2. The Labute approximate surface area is 164 Å². The van der Waals surface area contributed by atoms with E-state index in [1.54, 1.807) is 13.2 Å². The molecule has 28 heavy (non-hydrogen) atoms. The molecule has 0 saturated heterocycles. The number of hydrogen-bond donors (Lipinski definition) is 0. The van der Waals surface area contributed by atoms with E-state index in [0.29, 0.717) is 42.1 Å². The maximum absolute atomic E-state index is 12.8. The van der Waals surface area contributed by atoms with Crippen LogP contribution >= 0.6 is 0 Å². The summed E-state index contributed by atoms with van der Waals surface area (Å²) in [6.07, 6.45) is 5.71. The molecule has 0 spiro atoms. The average Bonchev–Trinajstić information content (AvgIpc) is 2.71. The van der Waals surface area contributed by atoms with Crippen LogP contribution in [0.2, 0.25) is 0 Å². The van der Waals surface area contributed by atoms with Crippen LogP contribution < -0.4 is 9.47 Å². The van der Waals surface area contributed by atoms with Crippen LogP contribution in [0.3, 0.4) is 0 Å². The molecule has 1 aromatic rings. The van der Waals surface area contributed by atoms with Crippen molar-refractivity contribution in [3.8, 4) is 11.5 Å². The predicted molar refractivity (Wildman–Crippen MR) is 104 cm³/mol. The molecule has 0 fully saturated rings. The number of methoxy groups -OCH3 is 1. The fourth-order valence-corrected chi connectivity index (χ4v) is 4.28. The molecule has 3 aliphatic rings. The Morgan fingerprint density at radius 1 is 1.04 bits per heavy atom. The van der Waals surface area contributed by atoms with Crippen molar-refractivity contribution >= 4 is 11.6 Å². The zero-order chi connectivity index (χ0) is 19.7. The Bertz CT molecular complexity index is 864. The van der Waals surface area contributed by atoms with Gasteiger partial charge in [0.15, 0.2) is 23.1 Å². The van der Waals surface area contributed by atoms with Gasteiger partial charge in [-0.3, -0.25) is 9.59 Å². The van der Waals surface area contributed by atoms with Gasteiger partial charge in [-0.05, 0) is 30.5 Å². The minimum Gasteiger partial charge on any atom is -0.493 e. The van der Waals surface area contributed by atoms with E-state index in [4.69, 9.17) is 14.2 Å². The first-order valence-corrected chi connectivity index (χ1v) is 9.76. The lowest BCUT2D eigenvalue weighted by Gasteiger charge is -2.36. The number of ether oxygens (including phenoxy) is 3. The van der Waals surface area contributed by atoms with Gasteiger partial charge in [-0.25, -0.2) is 0 Å². The fraction of sp³-hybridized carbons (Fsp3) is 0.391. The minimum atomic E-state index is -0.387. The maximum Gasteiger partial charge on any atom is 0.163 e. The van der Waals surface area contributed by atoms with Gasteiger partial charge >= 0.3 is 0 Å². The highest BCUT2D eigenvalue weighted by molar-refractivity contribution is 6.05. The first kappa shape index (κ1) is 18.5. The Morgan fingerprint density at radius 2 is 1.68 bits per heavy atom. The average molecular weight is 380 g/mol. The summed E-state index contributed by atoms with van der Waals surface area (Å²) >= 11 is 0. The summed E-state index contributed by atoms with van der Waals surface area (Å²) in [5.74, 6) is 2.40. The van der Waals surface area contributed by atoms with E-state index in [1.807, 2.05) is 18.2 Å². The molecule has 0 aromatic heterocycles. The molecule has 1 heterocycles. The van der Waals surface area contributed by atoms with Crippen molar-refractivity contribution < 1.29 is 23.8 Å². The Morgan fingerprint density at radius 3 is 2.25 bits per heavy atom. The first-order chi connectivity index (χ1) is 13.6. The van der Waals surface area contributed by atoms with Crippen LogP contribution in [-0.2, 0) is 14.3 Å². The molecule has 0 unspecified atom stereocenters. The molecule has 0 atom stereocenters. The highest BCUT2D eigenvalue weighted by atomic mass is 16.5. The van der Waals surface area contributed by atoms with Gasteiger partial charge in [0.25, 0.3) is 0 Å². The number of ketones is 2. The third-order valence-corrected chi connectivity index (χ3v) is 5.52. The quantitative estimate of drug-likeness (QED) is 0.709. The van der Waals surface area contributed by atoms with Crippen LogP contribution in [0.1, 0.15) is 50.0 Å². The van der Waals surface area contributed by atoms with Crippen molar-refractivity contribution in [1.29, 1.82) is 0 Å². The molecule has 0 amide bonds. The predicted octanol–water partition coefficient (Wildman–Crippen LogP) is 4.39. The molecular formula is C23H24O5.